The molecule has 1 fully saturated rings. The maximum atomic E-state index is 11.4. The van der Waals surface area contributed by atoms with Crippen LogP contribution < -0.4 is 10.4 Å². The number of halogens is 1. The van der Waals surface area contributed by atoms with Crippen molar-refractivity contribution in [2.45, 2.75) is 26.2 Å². The normalized spacial score (nSPS) is 15.9. The first-order valence-electron chi connectivity index (χ1n) is 6.19. The molecule has 5 heteroatoms. The molecule has 0 amide bonds. The molecule has 1 aliphatic rings. The summed E-state index contributed by atoms with van der Waals surface area (Å²) in [6.45, 7) is 2.69. The van der Waals surface area contributed by atoms with Gasteiger partial charge in [0.25, 0.3) is 0 Å². The Morgan fingerprint density at radius 3 is 2.78 bits per heavy atom. The van der Waals surface area contributed by atoms with Crippen LogP contribution in [0.1, 0.15) is 24.8 Å². The lowest BCUT2D eigenvalue weighted by atomic mass is 9.86. The van der Waals surface area contributed by atoms with E-state index in [9.17, 15) is 4.79 Å². The maximum absolute atomic E-state index is 11.4. The van der Waals surface area contributed by atoms with Crippen molar-refractivity contribution >= 4 is 27.0 Å². The molecule has 0 saturated heterocycles. The SMILES string of the molecule is Cc1cc(Br)c(OCC2CCC2)c2[nH]c(=O)[nH]c12. The van der Waals surface area contributed by atoms with Gasteiger partial charge in [-0.1, -0.05) is 6.42 Å². The number of aromatic amines is 2. The largest absolute Gasteiger partial charge is 0.490 e. The van der Waals surface area contributed by atoms with Crippen molar-refractivity contribution in [3.8, 4) is 5.75 Å². The predicted octanol–water partition coefficient (Wildman–Crippen LogP) is 3.11. The average molecular weight is 311 g/mol. The molecule has 96 valence electrons. The first-order chi connectivity index (χ1) is 8.65. The molecule has 0 atom stereocenters. The number of ether oxygens (including phenoxy) is 1. The van der Waals surface area contributed by atoms with Gasteiger partial charge in [-0.3, -0.25) is 0 Å². The van der Waals surface area contributed by atoms with Crippen LogP contribution in [0.5, 0.6) is 5.75 Å². The second-order valence-electron chi connectivity index (χ2n) is 4.94. The number of fused-ring (bicyclic) bond motifs is 1. The highest BCUT2D eigenvalue weighted by Gasteiger charge is 2.20. The molecule has 0 spiro atoms. The molecule has 3 rings (SSSR count). The third-order valence-electron chi connectivity index (χ3n) is 3.60. The van der Waals surface area contributed by atoms with Gasteiger partial charge in [0, 0.05) is 0 Å². The van der Waals surface area contributed by atoms with E-state index in [-0.39, 0.29) is 5.69 Å². The fourth-order valence-corrected chi connectivity index (χ4v) is 2.95. The second kappa shape index (κ2) is 4.46. The topological polar surface area (TPSA) is 57.9 Å². The van der Waals surface area contributed by atoms with Crippen molar-refractivity contribution in [3.05, 3.63) is 26.6 Å². The van der Waals surface area contributed by atoms with E-state index in [1.54, 1.807) is 0 Å². The van der Waals surface area contributed by atoms with Gasteiger partial charge in [-0.15, -0.1) is 0 Å². The van der Waals surface area contributed by atoms with Crippen LogP contribution in [0.2, 0.25) is 0 Å². The van der Waals surface area contributed by atoms with E-state index in [0.29, 0.717) is 5.92 Å². The summed E-state index contributed by atoms with van der Waals surface area (Å²) in [6.07, 6.45) is 3.80. The van der Waals surface area contributed by atoms with Crippen LogP contribution in [0.25, 0.3) is 11.0 Å². The van der Waals surface area contributed by atoms with Gasteiger partial charge >= 0.3 is 5.69 Å². The number of benzene rings is 1. The zero-order chi connectivity index (χ0) is 12.7. The monoisotopic (exact) mass is 310 g/mol. The summed E-state index contributed by atoms with van der Waals surface area (Å²) in [7, 11) is 0. The van der Waals surface area contributed by atoms with Gasteiger partial charge in [-0.25, -0.2) is 4.79 Å². The van der Waals surface area contributed by atoms with Crippen LogP contribution >= 0.6 is 15.9 Å². The summed E-state index contributed by atoms with van der Waals surface area (Å²) >= 11 is 3.51. The quantitative estimate of drug-likeness (QED) is 0.915. The van der Waals surface area contributed by atoms with Crippen LogP contribution in [0.4, 0.5) is 0 Å². The van der Waals surface area contributed by atoms with Gasteiger partial charge in [0.2, 0.25) is 0 Å². The molecule has 1 saturated carbocycles. The standard InChI is InChI=1S/C13H15BrN2O2/c1-7-5-9(14)12(18-6-8-3-2-4-8)11-10(7)15-13(17)16-11/h5,8H,2-4,6H2,1H3,(H2,15,16,17). The number of rotatable bonds is 3. The molecular formula is C13H15BrN2O2. The smallest absolute Gasteiger partial charge is 0.323 e. The first-order valence-corrected chi connectivity index (χ1v) is 6.98. The molecule has 0 unspecified atom stereocenters. The van der Waals surface area contributed by atoms with Crippen molar-refractivity contribution in [1.29, 1.82) is 0 Å². The van der Waals surface area contributed by atoms with E-state index < -0.39 is 0 Å². The van der Waals surface area contributed by atoms with E-state index in [0.717, 1.165) is 33.4 Å². The number of aryl methyl sites for hydroxylation is 1. The van der Waals surface area contributed by atoms with Gasteiger partial charge in [0.05, 0.1) is 16.6 Å². The van der Waals surface area contributed by atoms with E-state index in [1.807, 2.05) is 13.0 Å². The van der Waals surface area contributed by atoms with Crippen LogP contribution in [0.15, 0.2) is 15.3 Å². The van der Waals surface area contributed by atoms with Crippen molar-refractivity contribution in [1.82, 2.24) is 9.97 Å². The lowest BCUT2D eigenvalue weighted by molar-refractivity contribution is 0.181. The highest BCUT2D eigenvalue weighted by molar-refractivity contribution is 9.10. The molecular weight excluding hydrogens is 296 g/mol. The molecule has 4 nitrogen and oxygen atoms in total. The summed E-state index contributed by atoms with van der Waals surface area (Å²) in [5.74, 6) is 1.40. The minimum absolute atomic E-state index is 0.195. The average Bonchev–Trinajstić information content (AvgIpc) is 2.62. The maximum Gasteiger partial charge on any atom is 0.323 e. The van der Waals surface area contributed by atoms with Gasteiger partial charge < -0.3 is 14.7 Å². The number of imidazole rings is 1. The van der Waals surface area contributed by atoms with E-state index >= 15 is 0 Å². The van der Waals surface area contributed by atoms with Gasteiger partial charge in [-0.05, 0) is 53.2 Å². The summed E-state index contributed by atoms with van der Waals surface area (Å²) in [5.41, 5.74) is 2.41. The van der Waals surface area contributed by atoms with Gasteiger partial charge in [0.1, 0.15) is 5.52 Å². The first kappa shape index (κ1) is 11.8. The fraction of sp³-hybridized carbons (Fsp3) is 0.462. The summed E-state index contributed by atoms with van der Waals surface area (Å²) in [4.78, 5) is 17.0. The Hall–Kier alpha value is -1.23. The lowest BCUT2D eigenvalue weighted by Crippen LogP contribution is -2.19. The van der Waals surface area contributed by atoms with Crippen molar-refractivity contribution in [2.75, 3.05) is 6.61 Å². The molecule has 2 N–H and O–H groups in total. The third-order valence-corrected chi connectivity index (χ3v) is 4.19. The molecule has 0 aliphatic heterocycles. The summed E-state index contributed by atoms with van der Waals surface area (Å²) in [6, 6.07) is 1.97. The molecule has 1 heterocycles. The Labute approximate surface area is 113 Å². The Bertz CT molecular complexity index is 640. The van der Waals surface area contributed by atoms with E-state index in [4.69, 9.17) is 4.74 Å². The van der Waals surface area contributed by atoms with Crippen molar-refractivity contribution in [3.63, 3.8) is 0 Å². The molecule has 1 aliphatic carbocycles. The lowest BCUT2D eigenvalue weighted by Gasteiger charge is -2.25. The number of H-pyrrole nitrogens is 2. The van der Waals surface area contributed by atoms with E-state index in [1.165, 1.54) is 19.3 Å². The number of nitrogens with one attached hydrogen (secondary N) is 2. The predicted molar refractivity (Wildman–Crippen MR) is 74.2 cm³/mol. The number of hydrogen-bond acceptors (Lipinski definition) is 2. The molecule has 18 heavy (non-hydrogen) atoms. The highest BCUT2D eigenvalue weighted by atomic mass is 79.9. The number of hydrogen-bond donors (Lipinski definition) is 2. The Balaban J connectivity index is 2.00. The zero-order valence-electron chi connectivity index (χ0n) is 10.2. The van der Waals surface area contributed by atoms with Crippen LogP contribution in [0.3, 0.4) is 0 Å². The Morgan fingerprint density at radius 1 is 1.39 bits per heavy atom. The summed E-state index contributed by atoms with van der Waals surface area (Å²) in [5, 5.41) is 0. The minimum atomic E-state index is -0.195. The highest BCUT2D eigenvalue weighted by Crippen LogP contribution is 2.35. The molecule has 0 bridgehead atoms. The zero-order valence-corrected chi connectivity index (χ0v) is 11.8. The van der Waals surface area contributed by atoms with Crippen LogP contribution in [-0.4, -0.2) is 16.6 Å². The van der Waals surface area contributed by atoms with Crippen molar-refractivity contribution in [2.24, 2.45) is 5.92 Å². The molecule has 1 aromatic carbocycles. The van der Waals surface area contributed by atoms with E-state index in [2.05, 4.69) is 25.9 Å². The fourth-order valence-electron chi connectivity index (χ4n) is 2.30. The summed E-state index contributed by atoms with van der Waals surface area (Å²) < 4.78 is 6.78. The molecule has 0 radical (unpaired) electrons. The Kier molecular flexibility index (Phi) is 2.93. The third kappa shape index (κ3) is 1.96. The molecule has 1 aromatic heterocycles. The van der Waals surface area contributed by atoms with Gasteiger partial charge in [0.15, 0.2) is 5.75 Å². The minimum Gasteiger partial charge on any atom is -0.490 e. The number of aromatic nitrogens is 2. The van der Waals surface area contributed by atoms with Crippen LogP contribution in [0, 0.1) is 12.8 Å². The molecule has 2 aromatic rings. The van der Waals surface area contributed by atoms with Gasteiger partial charge in [-0.2, -0.15) is 0 Å². The van der Waals surface area contributed by atoms with Crippen LogP contribution in [-0.2, 0) is 0 Å². The Morgan fingerprint density at radius 2 is 2.11 bits per heavy atom. The second-order valence-corrected chi connectivity index (χ2v) is 5.80. The van der Waals surface area contributed by atoms with Crippen molar-refractivity contribution < 1.29 is 4.74 Å².